The van der Waals surface area contributed by atoms with Gasteiger partial charge in [-0.2, -0.15) is 4.98 Å². The van der Waals surface area contributed by atoms with Gasteiger partial charge < -0.3 is 9.47 Å². The van der Waals surface area contributed by atoms with E-state index in [2.05, 4.69) is 15.4 Å². The fourth-order valence-corrected chi connectivity index (χ4v) is 3.63. The van der Waals surface area contributed by atoms with Crippen LogP contribution in [-0.4, -0.2) is 39.1 Å². The Morgan fingerprint density at radius 1 is 1.20 bits per heavy atom. The Bertz CT molecular complexity index is 1240. The number of anilines is 1. The number of nitro groups is 1. The molecule has 0 aliphatic heterocycles. The number of ether oxygens (including phenoxy) is 2. The second-order valence-corrected chi connectivity index (χ2v) is 6.85. The number of hydrogen-bond donors (Lipinski definition) is 1. The molecule has 0 fully saturated rings. The highest BCUT2D eigenvalue weighted by Gasteiger charge is 2.18. The number of benzene rings is 2. The molecule has 0 atom stereocenters. The molecule has 30 heavy (non-hydrogen) atoms. The molecule has 0 unspecified atom stereocenters. The first-order valence-electron chi connectivity index (χ1n) is 8.70. The molecule has 10 nitrogen and oxygen atoms in total. The van der Waals surface area contributed by atoms with E-state index in [-0.39, 0.29) is 17.4 Å². The standard InChI is InChI=1S/C19H15N5O5S/c1-28-15-8-4-2-6-12(15)14-11-30-19-21-18(22-23(14)19)20-17(25)10-29-16-9-5-3-7-13(16)24(26)27/h2-9,11H,10H2,1H3,(H,20,22,25). The summed E-state index contributed by atoms with van der Waals surface area (Å²) >= 11 is 1.37. The number of carbonyl (C=O) groups excluding carboxylic acids is 1. The lowest BCUT2D eigenvalue weighted by Gasteiger charge is -2.06. The molecule has 1 N–H and O–H groups in total. The first-order chi connectivity index (χ1) is 14.6. The van der Waals surface area contributed by atoms with Gasteiger partial charge in [-0.3, -0.25) is 20.2 Å². The van der Waals surface area contributed by atoms with Gasteiger partial charge in [-0.25, -0.2) is 4.52 Å². The van der Waals surface area contributed by atoms with Crippen molar-refractivity contribution in [1.82, 2.24) is 14.6 Å². The molecule has 152 valence electrons. The Hall–Kier alpha value is -3.99. The SMILES string of the molecule is COc1ccccc1-c1csc2nc(NC(=O)COc3ccccc3[N+](=O)[O-])nn12. The molecular formula is C19H15N5O5S. The quantitative estimate of drug-likeness (QED) is 0.356. The van der Waals surface area contributed by atoms with Gasteiger partial charge in [0, 0.05) is 17.0 Å². The molecule has 0 aliphatic rings. The van der Waals surface area contributed by atoms with Crippen LogP contribution in [0.3, 0.4) is 0 Å². The van der Waals surface area contributed by atoms with Crippen molar-refractivity contribution in [1.29, 1.82) is 0 Å². The van der Waals surface area contributed by atoms with Crippen molar-refractivity contribution < 1.29 is 19.2 Å². The molecule has 0 saturated heterocycles. The largest absolute Gasteiger partial charge is 0.496 e. The van der Waals surface area contributed by atoms with Gasteiger partial charge in [0.1, 0.15) is 5.75 Å². The minimum absolute atomic E-state index is 0.00916. The third-order valence-corrected chi connectivity index (χ3v) is 4.95. The van der Waals surface area contributed by atoms with Crippen LogP contribution in [0.25, 0.3) is 16.2 Å². The number of nitro benzene ring substituents is 1. The molecule has 2 aromatic heterocycles. The van der Waals surface area contributed by atoms with E-state index in [4.69, 9.17) is 9.47 Å². The Morgan fingerprint density at radius 2 is 1.93 bits per heavy atom. The van der Waals surface area contributed by atoms with Crippen LogP contribution in [0.5, 0.6) is 11.5 Å². The second-order valence-electron chi connectivity index (χ2n) is 6.01. The average molecular weight is 425 g/mol. The first-order valence-corrected chi connectivity index (χ1v) is 9.58. The summed E-state index contributed by atoms with van der Waals surface area (Å²) in [7, 11) is 1.59. The molecule has 0 spiro atoms. The Morgan fingerprint density at radius 3 is 2.70 bits per heavy atom. The van der Waals surface area contributed by atoms with Crippen LogP contribution in [0.1, 0.15) is 0 Å². The molecule has 0 aliphatic carbocycles. The third-order valence-electron chi connectivity index (χ3n) is 4.14. The van der Waals surface area contributed by atoms with E-state index in [0.29, 0.717) is 10.7 Å². The summed E-state index contributed by atoms with van der Waals surface area (Å²) in [5, 5.41) is 19.8. The summed E-state index contributed by atoms with van der Waals surface area (Å²) in [6.45, 7) is -0.420. The summed E-state index contributed by atoms with van der Waals surface area (Å²) in [6, 6.07) is 13.3. The number of thiazole rings is 1. The number of para-hydroxylation sites is 3. The lowest BCUT2D eigenvalue weighted by atomic mass is 10.1. The van der Waals surface area contributed by atoms with Crippen molar-refractivity contribution in [3.05, 3.63) is 64.0 Å². The Balaban J connectivity index is 1.49. The van der Waals surface area contributed by atoms with Crippen LogP contribution in [0, 0.1) is 10.1 Å². The van der Waals surface area contributed by atoms with Crippen LogP contribution in [0.15, 0.2) is 53.9 Å². The van der Waals surface area contributed by atoms with E-state index in [0.717, 1.165) is 11.3 Å². The average Bonchev–Trinajstić information content (AvgIpc) is 3.32. The van der Waals surface area contributed by atoms with Crippen molar-refractivity contribution in [2.75, 3.05) is 19.0 Å². The fourth-order valence-electron chi connectivity index (χ4n) is 2.81. The van der Waals surface area contributed by atoms with Gasteiger partial charge in [0.05, 0.1) is 17.7 Å². The molecule has 0 radical (unpaired) electrons. The summed E-state index contributed by atoms with van der Waals surface area (Å²) in [5.41, 5.74) is 1.40. The van der Waals surface area contributed by atoms with Gasteiger partial charge in [0.25, 0.3) is 11.9 Å². The van der Waals surface area contributed by atoms with Crippen LogP contribution in [-0.2, 0) is 4.79 Å². The minimum Gasteiger partial charge on any atom is -0.496 e. The smallest absolute Gasteiger partial charge is 0.310 e. The maximum absolute atomic E-state index is 12.2. The molecule has 0 saturated carbocycles. The lowest BCUT2D eigenvalue weighted by molar-refractivity contribution is -0.385. The van der Waals surface area contributed by atoms with E-state index in [1.54, 1.807) is 17.7 Å². The fraction of sp³-hybridized carbons (Fsp3) is 0.105. The predicted molar refractivity (Wildman–Crippen MR) is 110 cm³/mol. The van der Waals surface area contributed by atoms with Crippen molar-refractivity contribution in [2.24, 2.45) is 0 Å². The van der Waals surface area contributed by atoms with E-state index in [1.165, 1.54) is 29.5 Å². The molecule has 4 aromatic rings. The van der Waals surface area contributed by atoms with Crippen molar-refractivity contribution in [3.8, 4) is 22.8 Å². The molecule has 1 amide bonds. The third kappa shape index (κ3) is 3.78. The number of rotatable bonds is 7. The van der Waals surface area contributed by atoms with Crippen molar-refractivity contribution in [2.45, 2.75) is 0 Å². The zero-order chi connectivity index (χ0) is 21.1. The molecule has 2 heterocycles. The lowest BCUT2D eigenvalue weighted by Crippen LogP contribution is -2.21. The monoisotopic (exact) mass is 425 g/mol. The maximum atomic E-state index is 12.2. The number of methoxy groups -OCH3 is 1. The summed E-state index contributed by atoms with van der Waals surface area (Å²) < 4.78 is 12.3. The number of aromatic nitrogens is 3. The van der Waals surface area contributed by atoms with Crippen LogP contribution < -0.4 is 14.8 Å². The van der Waals surface area contributed by atoms with Crippen LogP contribution >= 0.6 is 11.3 Å². The van der Waals surface area contributed by atoms with E-state index in [1.807, 2.05) is 29.6 Å². The second kappa shape index (κ2) is 8.17. The van der Waals surface area contributed by atoms with Gasteiger partial charge in [0.2, 0.25) is 4.96 Å². The highest BCUT2D eigenvalue weighted by molar-refractivity contribution is 7.15. The molecule has 2 aromatic carbocycles. The van der Waals surface area contributed by atoms with Gasteiger partial charge in [-0.15, -0.1) is 16.4 Å². The highest BCUT2D eigenvalue weighted by atomic mass is 32.1. The summed E-state index contributed by atoms with van der Waals surface area (Å²) in [4.78, 5) is 27.5. The number of carbonyl (C=O) groups is 1. The van der Waals surface area contributed by atoms with Gasteiger partial charge in [-0.05, 0) is 18.2 Å². The maximum Gasteiger partial charge on any atom is 0.310 e. The molecule has 0 bridgehead atoms. The number of nitrogens with one attached hydrogen (secondary N) is 1. The summed E-state index contributed by atoms with van der Waals surface area (Å²) in [6.07, 6.45) is 0. The van der Waals surface area contributed by atoms with E-state index >= 15 is 0 Å². The zero-order valence-corrected chi connectivity index (χ0v) is 16.5. The normalized spacial score (nSPS) is 10.7. The zero-order valence-electron chi connectivity index (χ0n) is 15.6. The number of fused-ring (bicyclic) bond motifs is 1. The minimum atomic E-state index is -0.572. The number of nitrogens with zero attached hydrogens (tertiary/aromatic N) is 4. The van der Waals surface area contributed by atoms with E-state index < -0.39 is 17.4 Å². The molecule has 4 rings (SSSR count). The predicted octanol–water partition coefficient (Wildman–Crippen LogP) is 3.39. The first kappa shape index (κ1) is 19.3. The Kier molecular flexibility index (Phi) is 5.26. The highest BCUT2D eigenvalue weighted by Crippen LogP contribution is 2.32. The van der Waals surface area contributed by atoms with Gasteiger partial charge in [0.15, 0.2) is 12.4 Å². The molecular weight excluding hydrogens is 410 g/mol. The number of amides is 1. The Labute approximate surface area is 173 Å². The van der Waals surface area contributed by atoms with Crippen molar-refractivity contribution in [3.63, 3.8) is 0 Å². The number of hydrogen-bond acceptors (Lipinski definition) is 8. The van der Waals surface area contributed by atoms with Crippen LogP contribution in [0.2, 0.25) is 0 Å². The van der Waals surface area contributed by atoms with Crippen molar-refractivity contribution >= 4 is 33.8 Å². The summed E-state index contributed by atoms with van der Waals surface area (Å²) in [5.74, 6) is 0.269. The van der Waals surface area contributed by atoms with Crippen LogP contribution in [0.4, 0.5) is 11.6 Å². The topological polar surface area (TPSA) is 121 Å². The molecule has 11 heteroatoms. The van der Waals surface area contributed by atoms with E-state index in [9.17, 15) is 14.9 Å². The van der Waals surface area contributed by atoms with Gasteiger partial charge in [-0.1, -0.05) is 24.3 Å². The van der Waals surface area contributed by atoms with Gasteiger partial charge >= 0.3 is 5.69 Å².